The molecule has 0 saturated heterocycles. The van der Waals surface area contributed by atoms with Crippen LogP contribution in [0.4, 0.5) is 13.2 Å². The van der Waals surface area contributed by atoms with E-state index in [1.54, 1.807) is 0 Å². The Morgan fingerprint density at radius 3 is 1.00 bits per heavy atom. The van der Waals surface area contributed by atoms with Gasteiger partial charge in [0.15, 0.2) is 6.68 Å². The Kier molecular flexibility index (Phi) is 24.5. The Balaban J connectivity index is -0.0000000450. The van der Waals surface area contributed by atoms with Crippen LogP contribution in [0.5, 0.6) is 0 Å². The van der Waals surface area contributed by atoms with E-state index in [-0.39, 0.29) is 35.9 Å². The second-order valence-electron chi connectivity index (χ2n) is 0.214. The Morgan fingerprint density at radius 2 is 1.00 bits per heavy atom. The summed E-state index contributed by atoms with van der Waals surface area (Å²) in [6, 6.07) is 0. The third-order valence-corrected chi connectivity index (χ3v) is 0. The van der Waals surface area contributed by atoms with Crippen LogP contribution in [0.1, 0.15) is 0 Å². The second kappa shape index (κ2) is 9.30. The van der Waals surface area contributed by atoms with Gasteiger partial charge in [0.1, 0.15) is 0 Å². The Bertz CT molecular complexity index is 15.5. The largest absolute Gasteiger partial charge is 1.00 e. The van der Waals surface area contributed by atoms with Crippen molar-refractivity contribution in [1.29, 1.82) is 0 Å². The van der Waals surface area contributed by atoms with Gasteiger partial charge in [0, 0.05) is 0 Å². The molecule has 0 spiro atoms. The minimum absolute atomic E-state index is 0. The number of rotatable bonds is 0. The van der Waals surface area contributed by atoms with E-state index in [4.69, 9.17) is 0 Å². The molecule has 0 aromatic carbocycles. The molecule has 0 nitrogen and oxygen atoms in total. The maximum Gasteiger partial charge on any atom is 1.00 e. The fraction of sp³-hybridized carbons (Fsp3) is 0. The van der Waals surface area contributed by atoms with Crippen LogP contribution < -0.4 is 0 Å². The minimum atomic E-state index is -3.08. The van der Waals surface area contributed by atoms with E-state index in [9.17, 15) is 13.2 Å². The number of halogens is 3. The van der Waals surface area contributed by atoms with Crippen molar-refractivity contribution in [3.05, 3.63) is 6.68 Å². The van der Waals surface area contributed by atoms with Gasteiger partial charge in [-0.3, -0.25) is 0 Å². The van der Waals surface area contributed by atoms with Crippen LogP contribution in [0.3, 0.4) is 0 Å². The normalized spacial score (nSPS) is 6.00. The maximum atomic E-state index is 9.58. The second-order valence-corrected chi connectivity index (χ2v) is 0.214. The Hall–Kier alpha value is 0.880. The molecule has 0 aliphatic rings. The molecule has 0 radical (unpaired) electrons. The van der Waals surface area contributed by atoms with Crippen molar-refractivity contribution < 1.29 is 35.6 Å². The molecule has 0 fully saturated rings. The first-order valence-corrected chi connectivity index (χ1v) is 0.567. The van der Waals surface area contributed by atoms with Crippen LogP contribution in [0, 0.1) is 6.68 Å². The molecular weight excluding hydrogens is 209 g/mol. The molecule has 0 heterocycles. The summed E-state index contributed by atoms with van der Waals surface area (Å²) in [5.74, 6) is 0. The number of hydrogen-bond acceptors (Lipinski definition) is 0. The summed E-state index contributed by atoms with van der Waals surface area (Å²) in [6.45, 7) is -3.08. The molecule has 5 heteroatoms. The topological polar surface area (TPSA) is 0 Å². The van der Waals surface area contributed by atoms with Gasteiger partial charge < -0.3 is 13.2 Å². The third-order valence-electron chi connectivity index (χ3n) is 0. The van der Waals surface area contributed by atoms with Gasteiger partial charge in [-0.05, 0) is 0 Å². The Morgan fingerprint density at radius 1 is 1.00 bits per heavy atom. The van der Waals surface area contributed by atoms with Crippen LogP contribution in [0.2, 0.25) is 0 Å². The van der Waals surface area contributed by atoms with Crippen molar-refractivity contribution in [3.63, 3.8) is 0 Å². The van der Waals surface area contributed by atoms with Gasteiger partial charge in [0.2, 0.25) is 0 Å². The fourth-order valence-electron chi connectivity index (χ4n) is 0. The van der Waals surface area contributed by atoms with E-state index in [1.165, 1.54) is 0 Å². The van der Waals surface area contributed by atoms with Crippen molar-refractivity contribution in [2.24, 2.45) is 0 Å². The minimum Gasteiger partial charge on any atom is -0.385 e. The summed E-state index contributed by atoms with van der Waals surface area (Å²) >= 11 is 0. The maximum absolute atomic E-state index is 9.58. The molecule has 0 aromatic rings. The predicted molar refractivity (Wildman–Crippen MR) is 16.9 cm³/mol. The Labute approximate surface area is 56.1 Å². The molecule has 0 unspecified atom stereocenters. The van der Waals surface area contributed by atoms with E-state index in [0.29, 0.717) is 0 Å². The molecule has 0 saturated carbocycles. The molecule has 0 atom stereocenters. The molecule has 6 heavy (non-hydrogen) atoms. The summed E-state index contributed by atoms with van der Waals surface area (Å²) in [6.07, 6.45) is 0. The summed E-state index contributed by atoms with van der Waals surface area (Å²) in [7, 11) is 0. The monoisotopic (exact) mass is 210 g/mol. The predicted octanol–water partition coefficient (Wildman–Crippen LogP) is 1.45. The molecule has 44 valence electrons. The smallest absolute Gasteiger partial charge is 0.385 e. The molecule has 0 bridgehead atoms. The third kappa shape index (κ3) is 94.8. The van der Waals surface area contributed by atoms with Gasteiger partial charge in [-0.15, -0.1) is 0 Å². The van der Waals surface area contributed by atoms with Crippen molar-refractivity contribution in [2.45, 2.75) is 0 Å². The zero-order chi connectivity index (χ0) is 3.58. The molecule has 0 aliphatic carbocycles. The summed E-state index contributed by atoms with van der Waals surface area (Å²) in [5.41, 5.74) is 0. The van der Waals surface area contributed by atoms with Crippen molar-refractivity contribution in [2.75, 3.05) is 0 Å². The van der Waals surface area contributed by atoms with Crippen LogP contribution in [-0.2, 0) is 22.4 Å². The van der Waals surface area contributed by atoms with E-state index < -0.39 is 6.68 Å². The van der Waals surface area contributed by atoms with E-state index in [2.05, 4.69) is 0 Å². The van der Waals surface area contributed by atoms with Gasteiger partial charge in [-0.1, -0.05) is 0 Å². The van der Waals surface area contributed by atoms with Gasteiger partial charge in [-0.25, -0.2) is 0 Å². The van der Waals surface area contributed by atoms with Crippen molar-refractivity contribution in [3.8, 4) is 0 Å². The summed E-state index contributed by atoms with van der Waals surface area (Å²) in [4.78, 5) is 0. The van der Waals surface area contributed by atoms with E-state index in [0.717, 1.165) is 0 Å². The van der Waals surface area contributed by atoms with Crippen LogP contribution in [0.15, 0.2) is 0 Å². The van der Waals surface area contributed by atoms with E-state index in [1.807, 2.05) is 0 Å². The first-order valence-electron chi connectivity index (χ1n) is 0.567. The van der Waals surface area contributed by atoms with Crippen LogP contribution in [-0.4, -0.2) is 0 Å². The zero-order valence-corrected chi connectivity index (χ0v) is 4.92. The molecular formula is CH2AgF3S. The van der Waals surface area contributed by atoms with Gasteiger partial charge in [-0.2, -0.15) is 13.5 Å². The van der Waals surface area contributed by atoms with Gasteiger partial charge in [0.25, 0.3) is 0 Å². The van der Waals surface area contributed by atoms with Crippen molar-refractivity contribution >= 4 is 13.5 Å². The van der Waals surface area contributed by atoms with Crippen LogP contribution in [0.25, 0.3) is 0 Å². The zero-order valence-electron chi connectivity index (χ0n) is 2.44. The summed E-state index contributed by atoms with van der Waals surface area (Å²) < 4.78 is 28.8. The molecule has 0 aromatic heterocycles. The van der Waals surface area contributed by atoms with Crippen molar-refractivity contribution in [1.82, 2.24) is 0 Å². The molecule has 0 rings (SSSR count). The first kappa shape index (κ1) is 15.8. The standard InChI is InChI=1S/CF3.Ag.H2S/c2-1(3)4;;/h;;1H2/q-1;+1;. The van der Waals surface area contributed by atoms with Gasteiger partial charge in [0.05, 0.1) is 0 Å². The van der Waals surface area contributed by atoms with E-state index >= 15 is 0 Å². The average molecular weight is 211 g/mol. The fourth-order valence-corrected chi connectivity index (χ4v) is 0. The average Bonchev–Trinajstić information content (AvgIpc) is 0.811. The molecule has 0 N–H and O–H groups in total. The molecule has 0 aliphatic heterocycles. The number of hydrogen-bond donors (Lipinski definition) is 0. The summed E-state index contributed by atoms with van der Waals surface area (Å²) in [5, 5.41) is 0. The van der Waals surface area contributed by atoms with Crippen LogP contribution >= 0.6 is 13.5 Å². The first-order chi connectivity index (χ1) is 1.73. The molecule has 0 amide bonds. The van der Waals surface area contributed by atoms with Gasteiger partial charge >= 0.3 is 22.4 Å². The quantitative estimate of drug-likeness (QED) is 0.420. The SMILES string of the molecule is F[C-](F)F.S.[Ag+].